The van der Waals surface area contributed by atoms with Crippen LogP contribution in [0.2, 0.25) is 0 Å². The number of fused-ring (bicyclic) bond motifs is 3. The summed E-state index contributed by atoms with van der Waals surface area (Å²) in [5, 5.41) is 78.3. The number of carboxylic acid groups (broad SMARTS) is 2. The Labute approximate surface area is 396 Å². The average Bonchev–Trinajstić information content (AvgIpc) is 3.72. The molecule has 0 spiro atoms. The second kappa shape index (κ2) is 20.4. The van der Waals surface area contributed by atoms with Crippen LogP contribution in [0.25, 0.3) is 6.08 Å². The summed E-state index contributed by atoms with van der Waals surface area (Å²) < 4.78 is 16.7. The van der Waals surface area contributed by atoms with Crippen molar-refractivity contribution in [2.75, 3.05) is 19.6 Å². The molecule has 8 atom stereocenters. The summed E-state index contributed by atoms with van der Waals surface area (Å²) >= 11 is 0. The lowest BCUT2D eigenvalue weighted by atomic mass is 9.68. The van der Waals surface area contributed by atoms with Gasteiger partial charge in [0, 0.05) is 49.5 Å². The molecule has 0 aromatic heterocycles. The molecule has 4 saturated heterocycles. The highest BCUT2D eigenvalue weighted by atomic mass is 16.6. The Morgan fingerprint density at radius 3 is 1.94 bits per heavy atom. The van der Waals surface area contributed by atoms with Gasteiger partial charge in [0.1, 0.15) is 17.8 Å². The predicted octanol–water partition coefficient (Wildman–Crippen LogP) is 5.50. The van der Waals surface area contributed by atoms with Crippen LogP contribution in [0, 0.1) is 11.8 Å². The smallest absolute Gasteiger partial charge is 0.345 e. The van der Waals surface area contributed by atoms with Crippen LogP contribution in [-0.4, -0.2) is 124 Å². The van der Waals surface area contributed by atoms with Crippen LogP contribution in [0.3, 0.4) is 0 Å². The van der Waals surface area contributed by atoms with Gasteiger partial charge in [-0.2, -0.15) is 0 Å². The van der Waals surface area contributed by atoms with E-state index in [0.29, 0.717) is 11.9 Å². The Morgan fingerprint density at radius 1 is 0.710 bits per heavy atom. The molecule has 1 amide bonds. The van der Waals surface area contributed by atoms with Crippen molar-refractivity contribution in [3.63, 3.8) is 0 Å². The number of ether oxygens (including phenoxy) is 3. The number of phenols is 6. The SMILES string of the molecule is O=C(/C=C/c1cccc2c1[C@H](C(=O)O[C@H](Cc1ccc(O)c(O)c1)C(=O)O)[C@@H](c1ccc(O)c(O)c1)O2)O[C@H](Cc1ccc(O)c(O)c1)C(=O)O.O=C1CCCC2C3CCCN4CCCC(CN12)C34. The Balaban J connectivity index is 0.000000293. The molecule has 0 radical (unpaired) electrons. The number of esters is 2. The number of carbonyl (C=O) groups excluding carboxylic acids is 3. The molecule has 9 rings (SSSR count). The van der Waals surface area contributed by atoms with E-state index in [4.69, 9.17) is 14.2 Å². The summed E-state index contributed by atoms with van der Waals surface area (Å²) in [6.07, 6.45) is 5.32. The molecule has 5 aliphatic rings. The van der Waals surface area contributed by atoms with E-state index in [2.05, 4.69) is 9.80 Å². The van der Waals surface area contributed by atoms with Crippen LogP contribution in [0.1, 0.15) is 84.8 Å². The Kier molecular flexibility index (Phi) is 14.2. The van der Waals surface area contributed by atoms with Gasteiger partial charge in [0.2, 0.25) is 18.1 Å². The second-order valence-electron chi connectivity index (χ2n) is 18.2. The standard InChI is InChI=1S/C36H30O15.C15H24N2O/c37-21-8-4-17(12-24(21)40)14-28(34(44)45)49-30(43)11-7-19-2-1-3-27-31(19)32(33(50-27)20-6-10-23(39)26(42)16-20)36(48)51-29(35(46)47)15-18-5-9-22(38)25(41)13-18;18-14-7-1-6-13-12-5-3-9-16-8-2-4-11(15(12)16)10-17(13)14/h1-13,16,28-29,32-33,37-42H,14-15H2,(H,44,45)(H,46,47);11-13,15H,1-10H2/b11-7+;/t28-,29-,32+,33-;/m1./s1. The minimum atomic E-state index is -1.78. The highest BCUT2D eigenvalue weighted by Gasteiger charge is 2.50. The van der Waals surface area contributed by atoms with Gasteiger partial charge in [0.15, 0.2) is 34.5 Å². The van der Waals surface area contributed by atoms with E-state index in [1.165, 1.54) is 87.7 Å². The molecule has 18 nitrogen and oxygen atoms in total. The number of hydrogen-bond donors (Lipinski definition) is 8. The molecule has 8 N–H and O–H groups in total. The molecule has 4 unspecified atom stereocenters. The number of nitrogens with zero attached hydrogens (tertiary/aromatic N) is 2. The van der Waals surface area contributed by atoms with Crippen molar-refractivity contribution in [3.05, 3.63) is 107 Å². The molecule has 0 saturated carbocycles. The molecule has 69 heavy (non-hydrogen) atoms. The number of carbonyl (C=O) groups is 5. The lowest BCUT2D eigenvalue weighted by Gasteiger charge is -2.58. The largest absolute Gasteiger partial charge is 0.504 e. The zero-order chi connectivity index (χ0) is 49.1. The minimum Gasteiger partial charge on any atom is -0.504 e. The van der Waals surface area contributed by atoms with E-state index < -0.39 is 89.0 Å². The van der Waals surface area contributed by atoms with E-state index in [-0.39, 0.29) is 40.0 Å². The first kappa shape index (κ1) is 48.0. The third-order valence-corrected chi connectivity index (χ3v) is 13.8. The van der Waals surface area contributed by atoms with Gasteiger partial charge in [-0.05, 0) is 134 Å². The molecule has 5 heterocycles. The van der Waals surface area contributed by atoms with Gasteiger partial charge in [0.05, 0.1) is 0 Å². The van der Waals surface area contributed by atoms with Crippen LogP contribution in [-0.2, 0) is 46.3 Å². The maximum absolute atomic E-state index is 13.9. The first-order valence-electron chi connectivity index (χ1n) is 23.0. The van der Waals surface area contributed by atoms with Gasteiger partial charge in [-0.25, -0.2) is 14.4 Å². The molecule has 18 heteroatoms. The topological polar surface area (TPSA) is 281 Å². The fraction of sp³-hybridized carbons (Fsp3) is 0.392. The molecule has 4 aromatic rings. The summed E-state index contributed by atoms with van der Waals surface area (Å²) in [6.45, 7) is 3.71. The fourth-order valence-corrected chi connectivity index (χ4v) is 10.7. The number of amides is 1. The summed E-state index contributed by atoms with van der Waals surface area (Å²) in [7, 11) is 0. The van der Waals surface area contributed by atoms with Gasteiger partial charge in [0.25, 0.3) is 0 Å². The van der Waals surface area contributed by atoms with Crippen molar-refractivity contribution in [2.24, 2.45) is 11.8 Å². The number of aliphatic carboxylic acids is 2. The van der Waals surface area contributed by atoms with Crippen molar-refractivity contribution in [3.8, 4) is 40.2 Å². The molecule has 5 aliphatic heterocycles. The summed E-state index contributed by atoms with van der Waals surface area (Å²) in [4.78, 5) is 68.0. The van der Waals surface area contributed by atoms with Crippen molar-refractivity contribution >= 4 is 35.9 Å². The normalized spacial score (nSPS) is 23.5. The number of phenolic OH excluding ortho intramolecular Hbond substituents is 6. The zero-order valence-electron chi connectivity index (χ0n) is 37.4. The first-order chi connectivity index (χ1) is 33.1. The van der Waals surface area contributed by atoms with E-state index in [9.17, 15) is 64.8 Å². The number of piperidine rings is 4. The maximum atomic E-state index is 13.9. The van der Waals surface area contributed by atoms with Crippen LogP contribution in [0.15, 0.2) is 78.9 Å². The third-order valence-electron chi connectivity index (χ3n) is 13.8. The van der Waals surface area contributed by atoms with Gasteiger partial charge < -0.3 is 60.0 Å². The average molecular weight is 951 g/mol. The van der Waals surface area contributed by atoms with E-state index in [1.807, 2.05) is 0 Å². The lowest BCUT2D eigenvalue weighted by molar-refractivity contribution is -0.166. The first-order valence-corrected chi connectivity index (χ1v) is 23.0. The van der Waals surface area contributed by atoms with Crippen LogP contribution in [0.5, 0.6) is 40.2 Å². The number of aromatic hydroxyl groups is 6. The van der Waals surface area contributed by atoms with E-state index in [0.717, 1.165) is 79.7 Å². The molecule has 0 aliphatic carbocycles. The van der Waals surface area contributed by atoms with Crippen molar-refractivity contribution in [1.29, 1.82) is 0 Å². The predicted molar refractivity (Wildman–Crippen MR) is 244 cm³/mol. The zero-order valence-corrected chi connectivity index (χ0v) is 37.4. The molecule has 364 valence electrons. The minimum absolute atomic E-state index is 0.121. The molecular formula is C51H54N2O16. The lowest BCUT2D eigenvalue weighted by Crippen LogP contribution is -2.66. The Morgan fingerprint density at radius 2 is 1.32 bits per heavy atom. The van der Waals surface area contributed by atoms with Crippen LogP contribution < -0.4 is 4.74 Å². The van der Waals surface area contributed by atoms with Gasteiger partial charge >= 0.3 is 23.9 Å². The number of rotatable bonds is 12. The quantitative estimate of drug-likeness (QED) is 0.0494. The number of hydrogen-bond acceptors (Lipinski definition) is 15. The molecular weight excluding hydrogens is 897 g/mol. The van der Waals surface area contributed by atoms with Crippen molar-refractivity contribution < 1.29 is 79.0 Å². The van der Waals surface area contributed by atoms with E-state index >= 15 is 0 Å². The highest BCUT2D eigenvalue weighted by Crippen LogP contribution is 2.50. The van der Waals surface area contributed by atoms with Crippen LogP contribution in [0.4, 0.5) is 0 Å². The summed E-state index contributed by atoms with van der Waals surface area (Å²) in [5.41, 5.74) is 1.00. The maximum Gasteiger partial charge on any atom is 0.345 e. The van der Waals surface area contributed by atoms with Gasteiger partial charge in [-0.15, -0.1) is 0 Å². The highest BCUT2D eigenvalue weighted by molar-refractivity contribution is 5.91. The van der Waals surface area contributed by atoms with Crippen molar-refractivity contribution in [1.82, 2.24) is 9.80 Å². The second-order valence-corrected chi connectivity index (χ2v) is 18.2. The van der Waals surface area contributed by atoms with Gasteiger partial charge in [-0.3, -0.25) is 14.5 Å². The fourth-order valence-electron chi connectivity index (χ4n) is 10.7. The van der Waals surface area contributed by atoms with E-state index in [1.54, 1.807) is 0 Å². The number of carboxylic acids is 2. The molecule has 0 bridgehead atoms. The summed E-state index contributed by atoms with van der Waals surface area (Å²) in [5.74, 6) is -7.33. The summed E-state index contributed by atoms with van der Waals surface area (Å²) in [6, 6.07) is 16.8. The monoisotopic (exact) mass is 950 g/mol. The molecule has 4 fully saturated rings. The molecule has 4 aromatic carbocycles. The number of benzene rings is 4. The van der Waals surface area contributed by atoms with Gasteiger partial charge in [-0.1, -0.05) is 30.3 Å². The van der Waals surface area contributed by atoms with Crippen molar-refractivity contribution in [2.45, 2.75) is 94.1 Å². The third kappa shape index (κ3) is 10.5. The Hall–Kier alpha value is -7.47. The Bertz CT molecular complexity index is 2650. The van der Waals surface area contributed by atoms with Crippen LogP contribution >= 0.6 is 0 Å².